The minimum absolute atomic E-state index is 0.0804. The van der Waals surface area contributed by atoms with Gasteiger partial charge in [0.2, 0.25) is 5.95 Å². The first-order valence-electron chi connectivity index (χ1n) is 9.57. The molecule has 1 fully saturated rings. The van der Waals surface area contributed by atoms with Gasteiger partial charge in [-0.1, -0.05) is 30.3 Å². The van der Waals surface area contributed by atoms with Crippen molar-refractivity contribution in [3.8, 4) is 5.75 Å². The smallest absolute Gasteiger partial charge is 0.272 e. The molecule has 0 bridgehead atoms. The molecule has 7 nitrogen and oxygen atoms in total. The lowest BCUT2D eigenvalue weighted by Gasteiger charge is -2.36. The van der Waals surface area contributed by atoms with E-state index in [2.05, 4.69) is 32.3 Å². The maximum Gasteiger partial charge on any atom is 0.272 e. The van der Waals surface area contributed by atoms with Gasteiger partial charge >= 0.3 is 0 Å². The Labute approximate surface area is 170 Å². The fourth-order valence-corrected chi connectivity index (χ4v) is 3.37. The van der Waals surface area contributed by atoms with Crippen molar-refractivity contribution in [2.45, 2.75) is 0 Å². The highest BCUT2D eigenvalue weighted by Crippen LogP contribution is 2.25. The third-order valence-electron chi connectivity index (χ3n) is 4.92. The summed E-state index contributed by atoms with van der Waals surface area (Å²) in [6.07, 6.45) is 1.60. The number of carbonyl (C=O) groups excluding carboxylic acids is 1. The molecule has 1 N–H and O–H groups in total. The van der Waals surface area contributed by atoms with Gasteiger partial charge in [-0.05, 0) is 30.3 Å². The minimum atomic E-state index is -0.0804. The van der Waals surface area contributed by atoms with Crippen LogP contribution >= 0.6 is 0 Å². The Balaban J connectivity index is 1.43. The molecule has 4 rings (SSSR count). The number of anilines is 3. The summed E-state index contributed by atoms with van der Waals surface area (Å²) in [6, 6.07) is 19.4. The Kier molecular flexibility index (Phi) is 5.56. The molecule has 148 valence electrons. The molecule has 0 atom stereocenters. The van der Waals surface area contributed by atoms with Crippen LogP contribution in [0.4, 0.5) is 17.3 Å². The van der Waals surface area contributed by atoms with Crippen LogP contribution in [0.1, 0.15) is 10.5 Å². The summed E-state index contributed by atoms with van der Waals surface area (Å²) in [5.41, 5.74) is 2.31. The molecule has 3 aromatic rings. The van der Waals surface area contributed by atoms with Crippen molar-refractivity contribution in [3.05, 3.63) is 72.6 Å². The number of amides is 1. The zero-order valence-corrected chi connectivity index (χ0v) is 16.3. The van der Waals surface area contributed by atoms with Crippen molar-refractivity contribution >= 4 is 23.2 Å². The summed E-state index contributed by atoms with van der Waals surface area (Å²) < 4.78 is 5.34. The summed E-state index contributed by atoms with van der Waals surface area (Å²) in [4.78, 5) is 25.7. The third kappa shape index (κ3) is 4.29. The van der Waals surface area contributed by atoms with E-state index in [-0.39, 0.29) is 5.91 Å². The molecule has 1 aliphatic rings. The number of hydrogen-bond acceptors (Lipinski definition) is 6. The second kappa shape index (κ2) is 8.60. The van der Waals surface area contributed by atoms with Crippen molar-refractivity contribution in [2.75, 3.05) is 43.5 Å². The van der Waals surface area contributed by atoms with Gasteiger partial charge in [-0.3, -0.25) is 4.79 Å². The summed E-state index contributed by atoms with van der Waals surface area (Å²) in [7, 11) is 1.61. The highest BCUT2D eigenvalue weighted by atomic mass is 16.5. The van der Waals surface area contributed by atoms with E-state index in [4.69, 9.17) is 4.74 Å². The molecule has 29 heavy (non-hydrogen) atoms. The van der Waals surface area contributed by atoms with Crippen LogP contribution in [-0.4, -0.2) is 54.1 Å². The molecule has 0 aliphatic carbocycles. The average Bonchev–Trinajstić information content (AvgIpc) is 2.80. The number of carbonyl (C=O) groups is 1. The van der Waals surface area contributed by atoms with Crippen LogP contribution in [0.3, 0.4) is 0 Å². The first-order chi connectivity index (χ1) is 14.2. The van der Waals surface area contributed by atoms with Crippen LogP contribution in [0.15, 0.2) is 66.9 Å². The monoisotopic (exact) mass is 389 g/mol. The fourth-order valence-electron chi connectivity index (χ4n) is 3.37. The molecule has 0 radical (unpaired) electrons. The Morgan fingerprint density at radius 1 is 0.966 bits per heavy atom. The van der Waals surface area contributed by atoms with Gasteiger partial charge in [0.25, 0.3) is 5.91 Å². The quantitative estimate of drug-likeness (QED) is 0.723. The van der Waals surface area contributed by atoms with Crippen molar-refractivity contribution in [1.82, 2.24) is 14.9 Å². The van der Waals surface area contributed by atoms with E-state index in [1.807, 2.05) is 47.4 Å². The van der Waals surface area contributed by atoms with E-state index in [1.165, 1.54) is 5.69 Å². The number of nitrogens with one attached hydrogen (secondary N) is 1. The average molecular weight is 389 g/mol. The Morgan fingerprint density at radius 3 is 2.45 bits per heavy atom. The Hall–Kier alpha value is -3.61. The minimum Gasteiger partial charge on any atom is -0.495 e. The van der Waals surface area contributed by atoms with E-state index < -0.39 is 0 Å². The molecule has 1 saturated heterocycles. The van der Waals surface area contributed by atoms with Crippen LogP contribution in [0.25, 0.3) is 0 Å². The largest absolute Gasteiger partial charge is 0.495 e. The van der Waals surface area contributed by atoms with Crippen molar-refractivity contribution in [3.63, 3.8) is 0 Å². The summed E-state index contributed by atoms with van der Waals surface area (Å²) in [6.45, 7) is 2.92. The lowest BCUT2D eigenvalue weighted by molar-refractivity contribution is 0.0741. The predicted octanol–water partition coefficient (Wildman–Crippen LogP) is 3.19. The third-order valence-corrected chi connectivity index (χ3v) is 4.92. The number of nitrogens with zero attached hydrogens (tertiary/aromatic N) is 4. The number of rotatable bonds is 5. The van der Waals surface area contributed by atoms with Crippen molar-refractivity contribution < 1.29 is 9.53 Å². The van der Waals surface area contributed by atoms with Gasteiger partial charge in [0, 0.05) is 38.1 Å². The molecule has 7 heteroatoms. The molecule has 1 aliphatic heterocycles. The van der Waals surface area contributed by atoms with Crippen LogP contribution in [0.2, 0.25) is 0 Å². The van der Waals surface area contributed by atoms with Gasteiger partial charge in [0.15, 0.2) is 0 Å². The second-order valence-corrected chi connectivity index (χ2v) is 6.71. The first-order valence-corrected chi connectivity index (χ1v) is 9.57. The highest BCUT2D eigenvalue weighted by molar-refractivity contribution is 5.92. The number of methoxy groups -OCH3 is 1. The first kappa shape index (κ1) is 18.7. The van der Waals surface area contributed by atoms with Gasteiger partial charge in [-0.2, -0.15) is 0 Å². The number of hydrogen-bond donors (Lipinski definition) is 1. The maximum atomic E-state index is 12.9. The van der Waals surface area contributed by atoms with Gasteiger partial charge in [-0.15, -0.1) is 0 Å². The molecule has 2 heterocycles. The molecule has 1 aromatic heterocycles. The molecular formula is C22H23N5O2. The Morgan fingerprint density at radius 2 is 1.69 bits per heavy atom. The van der Waals surface area contributed by atoms with Crippen LogP contribution in [0, 0.1) is 0 Å². The number of para-hydroxylation sites is 3. The summed E-state index contributed by atoms with van der Waals surface area (Å²) in [5, 5.41) is 3.12. The van der Waals surface area contributed by atoms with E-state index in [9.17, 15) is 4.79 Å². The molecule has 0 unspecified atom stereocenters. The molecule has 0 spiro atoms. The van der Waals surface area contributed by atoms with Crippen LogP contribution in [-0.2, 0) is 0 Å². The number of ether oxygens (including phenoxy) is 1. The van der Waals surface area contributed by atoms with Gasteiger partial charge in [0.1, 0.15) is 11.4 Å². The fraction of sp³-hybridized carbons (Fsp3) is 0.227. The second-order valence-electron chi connectivity index (χ2n) is 6.71. The standard InChI is InChI=1S/C22H23N5O2/c1-29-20-10-6-5-9-18(20)24-22-23-12-11-19(25-22)21(28)27-15-13-26(14-16-27)17-7-3-2-4-8-17/h2-12H,13-16H2,1H3,(H,23,24,25). The zero-order chi connectivity index (χ0) is 20.1. The molecular weight excluding hydrogens is 366 g/mol. The van der Waals surface area contributed by atoms with E-state index in [1.54, 1.807) is 19.4 Å². The van der Waals surface area contributed by atoms with Crippen LogP contribution in [0.5, 0.6) is 5.75 Å². The normalized spacial score (nSPS) is 13.8. The van der Waals surface area contributed by atoms with Gasteiger partial charge < -0.3 is 19.9 Å². The molecule has 2 aromatic carbocycles. The maximum absolute atomic E-state index is 12.9. The van der Waals surface area contributed by atoms with E-state index >= 15 is 0 Å². The Bertz CT molecular complexity index is 972. The van der Waals surface area contributed by atoms with Crippen LogP contribution < -0.4 is 15.0 Å². The van der Waals surface area contributed by atoms with E-state index in [0.29, 0.717) is 30.5 Å². The van der Waals surface area contributed by atoms with E-state index in [0.717, 1.165) is 18.8 Å². The number of piperazine rings is 1. The number of benzene rings is 2. The SMILES string of the molecule is COc1ccccc1Nc1nccc(C(=O)N2CCN(c3ccccc3)CC2)n1. The lowest BCUT2D eigenvalue weighted by Crippen LogP contribution is -2.49. The zero-order valence-electron chi connectivity index (χ0n) is 16.3. The topological polar surface area (TPSA) is 70.6 Å². The predicted molar refractivity (Wildman–Crippen MR) is 113 cm³/mol. The highest BCUT2D eigenvalue weighted by Gasteiger charge is 2.23. The summed E-state index contributed by atoms with van der Waals surface area (Å²) in [5.74, 6) is 0.969. The molecule has 1 amide bonds. The van der Waals surface area contributed by atoms with Crippen molar-refractivity contribution in [2.24, 2.45) is 0 Å². The van der Waals surface area contributed by atoms with Gasteiger partial charge in [0.05, 0.1) is 12.8 Å². The van der Waals surface area contributed by atoms with Gasteiger partial charge in [-0.25, -0.2) is 9.97 Å². The summed E-state index contributed by atoms with van der Waals surface area (Å²) >= 11 is 0. The van der Waals surface area contributed by atoms with Crippen molar-refractivity contribution in [1.29, 1.82) is 0 Å². The lowest BCUT2D eigenvalue weighted by atomic mass is 10.2. The number of aromatic nitrogens is 2. The molecule has 0 saturated carbocycles.